The van der Waals surface area contributed by atoms with Crippen molar-refractivity contribution in [1.29, 1.82) is 0 Å². The fourth-order valence-electron chi connectivity index (χ4n) is 1.46. The van der Waals surface area contributed by atoms with Gasteiger partial charge in [0, 0.05) is 5.56 Å². The van der Waals surface area contributed by atoms with E-state index in [1.54, 1.807) is 30.3 Å². The van der Waals surface area contributed by atoms with Crippen LogP contribution in [0.1, 0.15) is 12.5 Å². The summed E-state index contributed by atoms with van der Waals surface area (Å²) >= 11 is 0. The SMILES string of the molecule is C[C@H](/C=C1/N=C(c2ccccc2)OC1=O)C(F)(F)F. The van der Waals surface area contributed by atoms with Gasteiger partial charge in [0.2, 0.25) is 5.90 Å². The van der Waals surface area contributed by atoms with Gasteiger partial charge in [-0.3, -0.25) is 0 Å². The predicted octanol–water partition coefficient (Wildman–Crippen LogP) is 3.07. The van der Waals surface area contributed by atoms with E-state index in [1.807, 2.05) is 0 Å². The molecule has 1 heterocycles. The number of nitrogens with zero attached hydrogens (tertiary/aromatic N) is 1. The molecule has 0 aromatic heterocycles. The van der Waals surface area contributed by atoms with E-state index in [9.17, 15) is 18.0 Å². The summed E-state index contributed by atoms with van der Waals surface area (Å²) in [5.41, 5.74) is 0.225. The number of allylic oxidation sites excluding steroid dienone is 1. The number of carbonyl (C=O) groups excluding carboxylic acids is 1. The maximum atomic E-state index is 12.4. The van der Waals surface area contributed by atoms with Crippen LogP contribution in [0.25, 0.3) is 0 Å². The second kappa shape index (κ2) is 4.87. The molecular formula is C13H10F3NO2. The van der Waals surface area contributed by atoms with E-state index >= 15 is 0 Å². The van der Waals surface area contributed by atoms with E-state index in [1.165, 1.54) is 0 Å². The van der Waals surface area contributed by atoms with Crippen molar-refractivity contribution in [3.8, 4) is 0 Å². The predicted molar refractivity (Wildman–Crippen MR) is 62.4 cm³/mol. The minimum atomic E-state index is -4.40. The summed E-state index contributed by atoms with van der Waals surface area (Å²) < 4.78 is 42.1. The lowest BCUT2D eigenvalue weighted by Crippen LogP contribution is -2.18. The monoisotopic (exact) mass is 269 g/mol. The van der Waals surface area contributed by atoms with Gasteiger partial charge in [0.1, 0.15) is 5.70 Å². The average Bonchev–Trinajstić information content (AvgIpc) is 2.71. The number of alkyl halides is 3. The Hall–Kier alpha value is -2.11. The van der Waals surface area contributed by atoms with Crippen molar-refractivity contribution in [1.82, 2.24) is 0 Å². The molecule has 3 nitrogen and oxygen atoms in total. The zero-order chi connectivity index (χ0) is 14.0. The van der Waals surface area contributed by atoms with E-state index in [4.69, 9.17) is 4.74 Å². The van der Waals surface area contributed by atoms with Crippen molar-refractivity contribution < 1.29 is 22.7 Å². The van der Waals surface area contributed by atoms with Crippen molar-refractivity contribution in [3.63, 3.8) is 0 Å². The van der Waals surface area contributed by atoms with Gasteiger partial charge in [-0.25, -0.2) is 9.79 Å². The van der Waals surface area contributed by atoms with Crippen LogP contribution in [0.4, 0.5) is 13.2 Å². The van der Waals surface area contributed by atoms with Gasteiger partial charge in [-0.2, -0.15) is 13.2 Å². The first-order valence-corrected chi connectivity index (χ1v) is 5.53. The average molecular weight is 269 g/mol. The van der Waals surface area contributed by atoms with Crippen LogP contribution in [0.2, 0.25) is 0 Å². The lowest BCUT2D eigenvalue weighted by Gasteiger charge is -2.10. The third-order valence-corrected chi connectivity index (χ3v) is 2.57. The Morgan fingerprint density at radius 1 is 1.26 bits per heavy atom. The van der Waals surface area contributed by atoms with Crippen LogP contribution in [0, 0.1) is 5.92 Å². The zero-order valence-corrected chi connectivity index (χ0v) is 9.94. The van der Waals surface area contributed by atoms with Crippen LogP contribution in [-0.2, 0) is 9.53 Å². The molecule has 0 aliphatic carbocycles. The normalized spacial score (nSPS) is 19.3. The Balaban J connectivity index is 2.27. The fraction of sp³-hybridized carbons (Fsp3) is 0.231. The second-order valence-corrected chi connectivity index (χ2v) is 4.05. The Morgan fingerprint density at radius 3 is 2.47 bits per heavy atom. The highest BCUT2D eigenvalue weighted by Gasteiger charge is 2.36. The van der Waals surface area contributed by atoms with E-state index < -0.39 is 18.1 Å². The number of aliphatic imine (C=N–C) groups is 1. The quantitative estimate of drug-likeness (QED) is 0.611. The summed E-state index contributed by atoms with van der Waals surface area (Å²) in [5, 5.41) is 0. The highest BCUT2D eigenvalue weighted by atomic mass is 19.4. The molecule has 1 aliphatic heterocycles. The summed E-state index contributed by atoms with van der Waals surface area (Å²) in [5.74, 6) is -2.60. The van der Waals surface area contributed by atoms with E-state index in [2.05, 4.69) is 4.99 Å². The fourth-order valence-corrected chi connectivity index (χ4v) is 1.46. The van der Waals surface area contributed by atoms with Crippen LogP contribution >= 0.6 is 0 Å². The summed E-state index contributed by atoms with van der Waals surface area (Å²) in [6, 6.07) is 8.51. The first kappa shape index (κ1) is 13.3. The van der Waals surface area contributed by atoms with Gasteiger partial charge in [0.05, 0.1) is 5.92 Å². The van der Waals surface area contributed by atoms with Crippen molar-refractivity contribution in [2.24, 2.45) is 10.9 Å². The smallest absolute Gasteiger partial charge is 0.394 e. The highest BCUT2D eigenvalue weighted by Crippen LogP contribution is 2.29. The van der Waals surface area contributed by atoms with Crippen LogP contribution in [0.5, 0.6) is 0 Å². The molecule has 19 heavy (non-hydrogen) atoms. The molecule has 0 radical (unpaired) electrons. The molecule has 1 aromatic carbocycles. The van der Waals surface area contributed by atoms with Crippen LogP contribution in [0.3, 0.4) is 0 Å². The Bertz CT molecular complexity index is 547. The molecule has 0 saturated heterocycles. The van der Waals surface area contributed by atoms with E-state index in [-0.39, 0.29) is 11.6 Å². The first-order chi connectivity index (χ1) is 8.88. The molecule has 1 atom stereocenters. The number of cyclic esters (lactones) is 1. The number of esters is 1. The van der Waals surface area contributed by atoms with E-state index in [0.29, 0.717) is 5.56 Å². The summed E-state index contributed by atoms with van der Waals surface area (Å²) in [4.78, 5) is 15.2. The van der Waals surface area contributed by atoms with Crippen LogP contribution in [0.15, 0.2) is 47.1 Å². The van der Waals surface area contributed by atoms with Gasteiger partial charge in [0.25, 0.3) is 0 Å². The maximum absolute atomic E-state index is 12.4. The van der Waals surface area contributed by atoms with Gasteiger partial charge in [0.15, 0.2) is 0 Å². The Labute approximate surface area is 107 Å². The molecule has 2 rings (SSSR count). The standard InChI is InChI=1S/C13H10F3NO2/c1-8(13(14,15)16)7-10-12(18)19-11(17-10)9-5-3-2-4-6-9/h2-8H,1H3/b10-7+/t8-/m1/s1. The molecule has 1 aromatic rings. The molecule has 0 fully saturated rings. The molecule has 6 heteroatoms. The minimum Gasteiger partial charge on any atom is -0.402 e. The van der Waals surface area contributed by atoms with Gasteiger partial charge in [-0.15, -0.1) is 0 Å². The number of hydrogen-bond acceptors (Lipinski definition) is 3. The third-order valence-electron chi connectivity index (χ3n) is 2.57. The van der Waals surface area contributed by atoms with Gasteiger partial charge < -0.3 is 4.74 Å². The Morgan fingerprint density at radius 2 is 1.89 bits per heavy atom. The number of benzene rings is 1. The first-order valence-electron chi connectivity index (χ1n) is 5.53. The van der Waals surface area contributed by atoms with Crippen molar-refractivity contribution >= 4 is 11.9 Å². The lowest BCUT2D eigenvalue weighted by molar-refractivity contribution is -0.156. The Kier molecular flexibility index (Phi) is 3.42. The number of hydrogen-bond donors (Lipinski definition) is 0. The molecule has 0 unspecified atom stereocenters. The van der Waals surface area contributed by atoms with Crippen molar-refractivity contribution in [2.75, 3.05) is 0 Å². The number of ether oxygens (including phenoxy) is 1. The minimum absolute atomic E-state index is 0.0197. The molecule has 0 N–H and O–H groups in total. The number of carbonyl (C=O) groups is 1. The second-order valence-electron chi connectivity index (χ2n) is 4.05. The molecular weight excluding hydrogens is 259 g/mol. The van der Waals surface area contributed by atoms with Gasteiger partial charge in [-0.1, -0.05) is 25.1 Å². The number of halogens is 3. The summed E-state index contributed by atoms with van der Waals surface area (Å²) in [6.45, 7) is 0.955. The molecule has 1 aliphatic rings. The third kappa shape index (κ3) is 3.01. The zero-order valence-electron chi connectivity index (χ0n) is 9.94. The molecule has 0 spiro atoms. The molecule has 100 valence electrons. The summed E-state index contributed by atoms with van der Waals surface area (Å²) in [6.07, 6.45) is -3.64. The van der Waals surface area contributed by atoms with Crippen LogP contribution in [-0.4, -0.2) is 18.0 Å². The van der Waals surface area contributed by atoms with Gasteiger partial charge >= 0.3 is 12.1 Å². The van der Waals surface area contributed by atoms with Crippen LogP contribution < -0.4 is 0 Å². The van der Waals surface area contributed by atoms with Crippen molar-refractivity contribution in [3.05, 3.63) is 47.7 Å². The maximum Gasteiger partial charge on any atom is 0.394 e. The molecule has 0 bridgehead atoms. The molecule has 0 saturated carbocycles. The summed E-state index contributed by atoms with van der Waals surface area (Å²) in [7, 11) is 0. The number of rotatable bonds is 2. The van der Waals surface area contributed by atoms with E-state index in [0.717, 1.165) is 13.0 Å². The highest BCUT2D eigenvalue weighted by molar-refractivity contribution is 6.11. The van der Waals surface area contributed by atoms with Crippen molar-refractivity contribution in [2.45, 2.75) is 13.1 Å². The topological polar surface area (TPSA) is 38.7 Å². The lowest BCUT2D eigenvalue weighted by atomic mass is 10.1. The largest absolute Gasteiger partial charge is 0.402 e. The molecule has 0 amide bonds. The van der Waals surface area contributed by atoms with Gasteiger partial charge in [-0.05, 0) is 18.2 Å².